The minimum Gasteiger partial charge on any atom is -0.382 e. The zero-order chi connectivity index (χ0) is 26.7. The van der Waals surface area contributed by atoms with Gasteiger partial charge >= 0.3 is 5.91 Å². The molecule has 1 spiro atoms. The number of aryl methyl sites for hydroxylation is 2. The molecule has 38 heavy (non-hydrogen) atoms. The number of guanidine groups is 1. The van der Waals surface area contributed by atoms with Crippen LogP contribution in [-0.4, -0.2) is 63.0 Å². The van der Waals surface area contributed by atoms with Gasteiger partial charge in [-0.3, -0.25) is 9.59 Å². The van der Waals surface area contributed by atoms with Crippen molar-refractivity contribution >= 4 is 29.4 Å². The molecule has 6 N–H and O–H groups in total. The monoisotopic (exact) mass is 517 g/mol. The molecular formula is C26H31N9O3. The zero-order valence-electron chi connectivity index (χ0n) is 21.2. The number of nitrogen functional groups attached to an aromatic ring is 2. The van der Waals surface area contributed by atoms with Gasteiger partial charge in [-0.05, 0) is 26.2 Å². The van der Waals surface area contributed by atoms with Crippen molar-refractivity contribution in [2.45, 2.75) is 44.6 Å². The molecule has 1 aromatic carbocycles. The van der Waals surface area contributed by atoms with E-state index in [4.69, 9.17) is 16.0 Å². The standard InChI is InChI=1S/C26H31N9O3/c1-16-22(27)31-23(28)21(30-16)24(37)32-25-29-15-26(33-25)10-12-35(13-11-26)20(36)9-5-8-18-14-19(34-38-18)17-6-3-2-4-7-17/h2-4,6-7,14H,5,8-13,15H2,1H3,(H4,27,28,31)(H2,29,32,33,37). The third-order valence-corrected chi connectivity index (χ3v) is 7.04. The summed E-state index contributed by atoms with van der Waals surface area (Å²) in [5.74, 6) is 0.804. The number of carbonyl (C=O) groups excluding carboxylic acids is 2. The molecule has 12 nitrogen and oxygen atoms in total. The first-order chi connectivity index (χ1) is 18.3. The van der Waals surface area contributed by atoms with Crippen molar-refractivity contribution in [3.8, 4) is 11.3 Å². The fourth-order valence-electron chi connectivity index (χ4n) is 4.75. The lowest BCUT2D eigenvalue weighted by Gasteiger charge is -2.38. The van der Waals surface area contributed by atoms with Crippen molar-refractivity contribution in [2.24, 2.45) is 4.99 Å². The van der Waals surface area contributed by atoms with Crippen LogP contribution in [0.25, 0.3) is 11.3 Å². The molecule has 0 aliphatic carbocycles. The van der Waals surface area contributed by atoms with Crippen molar-refractivity contribution in [1.82, 2.24) is 30.7 Å². The van der Waals surface area contributed by atoms with Crippen LogP contribution in [0.15, 0.2) is 45.9 Å². The highest BCUT2D eigenvalue weighted by molar-refractivity contribution is 6.04. The number of carbonyl (C=O) groups is 2. The summed E-state index contributed by atoms with van der Waals surface area (Å²) in [6.45, 7) is 3.52. The molecule has 4 heterocycles. The maximum Gasteiger partial charge on any atom is 0.302 e. The van der Waals surface area contributed by atoms with Gasteiger partial charge in [0, 0.05) is 44.1 Å². The van der Waals surface area contributed by atoms with Crippen molar-refractivity contribution in [1.29, 1.82) is 0 Å². The van der Waals surface area contributed by atoms with E-state index >= 15 is 0 Å². The summed E-state index contributed by atoms with van der Waals surface area (Å²) in [5, 5.41) is 10.6. The Labute approximate surface area is 219 Å². The second-order valence-electron chi connectivity index (χ2n) is 9.73. The predicted molar refractivity (Wildman–Crippen MR) is 142 cm³/mol. The van der Waals surface area contributed by atoms with Crippen LogP contribution in [0.5, 0.6) is 0 Å². The first-order valence-corrected chi connectivity index (χ1v) is 12.7. The molecule has 0 radical (unpaired) electrons. The Morgan fingerprint density at radius 2 is 1.89 bits per heavy atom. The summed E-state index contributed by atoms with van der Waals surface area (Å²) in [4.78, 5) is 39.5. The summed E-state index contributed by atoms with van der Waals surface area (Å²) < 4.78 is 5.45. The minimum atomic E-state index is -0.597. The third kappa shape index (κ3) is 5.43. The molecule has 12 heteroatoms. The van der Waals surface area contributed by atoms with E-state index in [1.54, 1.807) is 6.92 Å². The molecule has 2 aliphatic rings. The van der Waals surface area contributed by atoms with E-state index in [2.05, 4.69) is 30.8 Å². The highest BCUT2D eigenvalue weighted by atomic mass is 16.5. The van der Waals surface area contributed by atoms with Crippen LogP contribution in [0, 0.1) is 6.92 Å². The molecule has 2 amide bonds. The molecule has 198 valence electrons. The number of hydrogen-bond donors (Lipinski definition) is 4. The van der Waals surface area contributed by atoms with E-state index in [0.717, 1.165) is 29.9 Å². The van der Waals surface area contributed by atoms with Gasteiger partial charge in [0.05, 0.1) is 11.2 Å². The topological polar surface area (TPSA) is 178 Å². The van der Waals surface area contributed by atoms with Gasteiger partial charge in [-0.25, -0.2) is 9.97 Å². The van der Waals surface area contributed by atoms with E-state index in [1.165, 1.54) is 0 Å². The molecule has 5 rings (SSSR count). The number of anilines is 2. The van der Waals surface area contributed by atoms with Crippen molar-refractivity contribution in [2.75, 3.05) is 31.1 Å². The second-order valence-corrected chi connectivity index (χ2v) is 9.73. The van der Waals surface area contributed by atoms with Crippen LogP contribution in [0.1, 0.15) is 47.6 Å². The van der Waals surface area contributed by atoms with E-state index in [0.29, 0.717) is 50.6 Å². The molecule has 2 aliphatic heterocycles. The highest BCUT2D eigenvalue weighted by Gasteiger charge is 2.40. The molecule has 3 aromatic rings. The molecule has 0 unspecified atom stereocenters. The fraction of sp³-hybridized carbons (Fsp3) is 0.385. The summed E-state index contributed by atoms with van der Waals surface area (Å²) in [6, 6.07) is 11.8. The molecule has 2 aromatic heterocycles. The lowest BCUT2D eigenvalue weighted by molar-refractivity contribution is -0.132. The third-order valence-electron chi connectivity index (χ3n) is 7.04. The van der Waals surface area contributed by atoms with Crippen molar-refractivity contribution in [3.63, 3.8) is 0 Å². The average Bonchev–Trinajstić information content (AvgIpc) is 3.54. The lowest BCUT2D eigenvalue weighted by Crippen LogP contribution is -2.53. The number of rotatable bonds is 6. The minimum absolute atomic E-state index is 0.0317. The van der Waals surface area contributed by atoms with E-state index in [9.17, 15) is 9.59 Å². The van der Waals surface area contributed by atoms with Gasteiger partial charge in [0.1, 0.15) is 17.3 Å². The van der Waals surface area contributed by atoms with Gasteiger partial charge in [-0.2, -0.15) is 4.99 Å². The normalized spacial score (nSPS) is 17.4. The Hall–Kier alpha value is -4.48. The fourth-order valence-corrected chi connectivity index (χ4v) is 4.75. The number of hydrogen-bond acceptors (Lipinski definition) is 8. The van der Waals surface area contributed by atoms with Crippen molar-refractivity contribution < 1.29 is 14.1 Å². The van der Waals surface area contributed by atoms with Crippen molar-refractivity contribution in [3.05, 3.63) is 53.5 Å². The molecule has 0 bridgehead atoms. The van der Waals surface area contributed by atoms with E-state index in [1.807, 2.05) is 41.3 Å². The summed E-state index contributed by atoms with van der Waals surface area (Å²) in [5.41, 5.74) is 13.4. The quantitative estimate of drug-likeness (QED) is 0.376. The molecule has 0 atom stereocenters. The predicted octanol–water partition coefficient (Wildman–Crippen LogP) is 1.68. The van der Waals surface area contributed by atoms with Crippen LogP contribution in [0.4, 0.5) is 11.6 Å². The van der Waals surface area contributed by atoms with Gasteiger partial charge in [0.25, 0.3) is 0 Å². The Kier molecular flexibility index (Phi) is 6.95. The van der Waals surface area contributed by atoms with E-state index < -0.39 is 5.91 Å². The van der Waals surface area contributed by atoms with Gasteiger partial charge < -0.3 is 31.5 Å². The first-order valence-electron chi connectivity index (χ1n) is 12.7. The second kappa shape index (κ2) is 10.5. The molecule has 0 saturated carbocycles. The van der Waals surface area contributed by atoms with Crippen LogP contribution < -0.4 is 22.1 Å². The van der Waals surface area contributed by atoms with Gasteiger partial charge in [0.15, 0.2) is 17.5 Å². The SMILES string of the molecule is Cc1nc(C(=O)/N=C2\NCC3(CCN(C(=O)CCCc4cc(-c5ccccc5)no4)CC3)N2)c(N)nc1N. The smallest absolute Gasteiger partial charge is 0.302 e. The number of aromatic nitrogens is 3. The molecular weight excluding hydrogens is 486 g/mol. The number of benzene rings is 1. The zero-order valence-corrected chi connectivity index (χ0v) is 21.2. The number of nitrogens with one attached hydrogen (secondary N) is 2. The van der Waals surface area contributed by atoms with Gasteiger partial charge in [-0.1, -0.05) is 35.5 Å². The summed E-state index contributed by atoms with van der Waals surface area (Å²) in [7, 11) is 0. The Bertz CT molecular complexity index is 1360. The highest BCUT2D eigenvalue weighted by Crippen LogP contribution is 2.26. The summed E-state index contributed by atoms with van der Waals surface area (Å²) in [6.07, 6.45) is 3.28. The number of piperidine rings is 1. The van der Waals surface area contributed by atoms with Gasteiger partial charge in [-0.15, -0.1) is 0 Å². The summed E-state index contributed by atoms with van der Waals surface area (Å²) >= 11 is 0. The van der Waals surface area contributed by atoms with Crippen LogP contribution in [-0.2, 0) is 11.2 Å². The van der Waals surface area contributed by atoms with Crippen LogP contribution >= 0.6 is 0 Å². The lowest BCUT2D eigenvalue weighted by atomic mass is 9.88. The van der Waals surface area contributed by atoms with Crippen LogP contribution in [0.2, 0.25) is 0 Å². The average molecular weight is 518 g/mol. The molecule has 2 fully saturated rings. The van der Waals surface area contributed by atoms with E-state index in [-0.39, 0.29) is 28.8 Å². The number of nitrogens with two attached hydrogens (primary N) is 2. The Balaban J connectivity index is 1.09. The maximum atomic E-state index is 12.8. The number of nitrogens with zero attached hydrogens (tertiary/aromatic N) is 5. The van der Waals surface area contributed by atoms with Crippen LogP contribution in [0.3, 0.4) is 0 Å². The number of amides is 2. The number of aliphatic imine (C=N–C) groups is 1. The number of likely N-dealkylation sites (tertiary alicyclic amines) is 1. The maximum absolute atomic E-state index is 12.8. The Morgan fingerprint density at radius 3 is 2.66 bits per heavy atom. The Morgan fingerprint density at radius 1 is 1.13 bits per heavy atom. The van der Waals surface area contributed by atoms with Gasteiger partial charge in [0.2, 0.25) is 5.91 Å². The molecule has 2 saturated heterocycles. The largest absolute Gasteiger partial charge is 0.382 e. The first kappa shape index (κ1) is 25.2.